The highest BCUT2D eigenvalue weighted by molar-refractivity contribution is 7.96. The van der Waals surface area contributed by atoms with Crippen molar-refractivity contribution in [2.75, 3.05) is 25.4 Å². The van der Waals surface area contributed by atoms with E-state index in [4.69, 9.17) is 0 Å². The Labute approximate surface area is 98.1 Å². The van der Waals surface area contributed by atoms with E-state index >= 15 is 0 Å². The quantitative estimate of drug-likeness (QED) is 0.455. The molecule has 0 aromatic heterocycles. The fourth-order valence-electron chi connectivity index (χ4n) is 1.28. The lowest BCUT2D eigenvalue weighted by atomic mass is 10.1. The molecule has 0 aliphatic carbocycles. The van der Waals surface area contributed by atoms with E-state index < -0.39 is 5.97 Å². The molecular weight excluding hydrogens is 224 g/mol. The first kappa shape index (κ1) is 12.8. The highest BCUT2D eigenvalue weighted by Crippen LogP contribution is 2.08. The van der Waals surface area contributed by atoms with Crippen LogP contribution in [-0.4, -0.2) is 37.1 Å². The van der Waals surface area contributed by atoms with Crippen molar-refractivity contribution >= 4 is 22.6 Å². The lowest BCUT2D eigenvalue weighted by Gasteiger charge is -2.02. The highest BCUT2D eigenvalue weighted by Gasteiger charge is 2.15. The Balaban J connectivity index is 2.90. The van der Waals surface area contributed by atoms with Gasteiger partial charge in [-0.25, -0.2) is 4.79 Å². The maximum atomic E-state index is 11.8. The predicted molar refractivity (Wildman–Crippen MR) is 66.2 cm³/mol. The summed E-state index contributed by atoms with van der Waals surface area (Å²) in [5.74, 6) is 0.172. The van der Waals surface area contributed by atoms with Crippen molar-refractivity contribution in [3.05, 3.63) is 35.4 Å². The third-order valence-corrected chi connectivity index (χ3v) is 2.86. The van der Waals surface area contributed by atoms with Crippen LogP contribution in [0.15, 0.2) is 24.3 Å². The minimum Gasteiger partial charge on any atom is -0.465 e. The molecule has 1 aromatic carbocycles. The average Bonchev–Trinajstić information content (AvgIpc) is 2.27. The van der Waals surface area contributed by atoms with Gasteiger partial charge in [0.2, 0.25) is 5.78 Å². The maximum absolute atomic E-state index is 11.8. The average molecular weight is 239 g/mol. The van der Waals surface area contributed by atoms with Crippen LogP contribution in [0.4, 0.5) is 0 Å². The lowest BCUT2D eigenvalue weighted by Crippen LogP contribution is -2.14. The molecule has 0 saturated heterocycles. The van der Waals surface area contributed by atoms with E-state index in [0.717, 1.165) is 0 Å². The van der Waals surface area contributed by atoms with Crippen LogP contribution in [0, 0.1) is 0 Å². The monoisotopic (exact) mass is 239 g/mol. The summed E-state index contributed by atoms with van der Waals surface area (Å²) in [6, 6.07) is 6.64. The predicted octanol–water partition coefficient (Wildman–Crippen LogP) is 1.53. The Morgan fingerprint density at radius 2 is 1.88 bits per heavy atom. The molecule has 0 N–H and O–H groups in total. The standard InChI is InChI=1S/C12H15O3S/c1-15-12(14)10-6-4-5-9(7-10)11(13)8-16(2)3/h4-7H,8H2,1-3H3/q+1. The first-order valence-electron chi connectivity index (χ1n) is 4.80. The second kappa shape index (κ2) is 5.70. The SMILES string of the molecule is COC(=O)c1cccc(C(=O)C[S+](C)C)c1. The van der Waals surface area contributed by atoms with Crippen LogP contribution in [0.5, 0.6) is 0 Å². The second-order valence-corrected chi connectivity index (χ2v) is 5.89. The third kappa shape index (κ3) is 3.38. The molecule has 0 saturated carbocycles. The van der Waals surface area contributed by atoms with Crippen LogP contribution < -0.4 is 0 Å². The minimum atomic E-state index is -0.415. The van der Waals surface area contributed by atoms with Gasteiger partial charge < -0.3 is 4.74 Å². The van der Waals surface area contributed by atoms with Crippen LogP contribution in [-0.2, 0) is 15.6 Å². The Morgan fingerprint density at radius 1 is 1.25 bits per heavy atom. The molecule has 1 aromatic rings. The van der Waals surface area contributed by atoms with Crippen LogP contribution in [0.3, 0.4) is 0 Å². The summed E-state index contributed by atoms with van der Waals surface area (Å²) in [4.78, 5) is 23.1. The Morgan fingerprint density at radius 3 is 2.44 bits per heavy atom. The molecule has 0 spiro atoms. The zero-order chi connectivity index (χ0) is 12.1. The van der Waals surface area contributed by atoms with Gasteiger partial charge in [-0.05, 0) is 23.0 Å². The van der Waals surface area contributed by atoms with E-state index in [-0.39, 0.29) is 16.7 Å². The van der Waals surface area contributed by atoms with Crippen molar-refractivity contribution < 1.29 is 14.3 Å². The number of esters is 1. The van der Waals surface area contributed by atoms with E-state index in [1.807, 2.05) is 12.5 Å². The van der Waals surface area contributed by atoms with Crippen LogP contribution >= 0.6 is 0 Å². The summed E-state index contributed by atoms with van der Waals surface area (Å²) in [5.41, 5.74) is 0.990. The number of methoxy groups -OCH3 is 1. The fraction of sp³-hybridized carbons (Fsp3) is 0.333. The first-order valence-corrected chi connectivity index (χ1v) is 7.01. The van der Waals surface area contributed by atoms with E-state index in [1.54, 1.807) is 24.3 Å². The molecule has 0 amide bonds. The Kier molecular flexibility index (Phi) is 4.55. The fourth-order valence-corrected chi connectivity index (χ4v) is 1.97. The summed E-state index contributed by atoms with van der Waals surface area (Å²) in [6.45, 7) is 0. The summed E-state index contributed by atoms with van der Waals surface area (Å²) in [7, 11) is 1.39. The molecule has 3 nitrogen and oxygen atoms in total. The van der Waals surface area contributed by atoms with Crippen molar-refractivity contribution in [2.45, 2.75) is 0 Å². The molecule has 0 bridgehead atoms. The molecule has 0 fully saturated rings. The van der Waals surface area contributed by atoms with Crippen molar-refractivity contribution in [1.82, 2.24) is 0 Å². The summed E-state index contributed by atoms with van der Waals surface area (Å²) >= 11 is 0. The lowest BCUT2D eigenvalue weighted by molar-refractivity contribution is 0.0600. The molecule has 0 unspecified atom stereocenters. The van der Waals surface area contributed by atoms with Gasteiger partial charge in [0.05, 0.1) is 25.2 Å². The molecule has 0 heterocycles. The van der Waals surface area contributed by atoms with Gasteiger partial charge in [-0.3, -0.25) is 4.79 Å². The van der Waals surface area contributed by atoms with Crippen LogP contribution in [0.1, 0.15) is 20.7 Å². The van der Waals surface area contributed by atoms with Crippen LogP contribution in [0.25, 0.3) is 0 Å². The molecule has 0 radical (unpaired) electrons. The van der Waals surface area contributed by atoms with E-state index in [9.17, 15) is 9.59 Å². The van der Waals surface area contributed by atoms with Gasteiger partial charge >= 0.3 is 5.97 Å². The number of hydrogen-bond donors (Lipinski definition) is 0. The number of rotatable bonds is 4. The van der Waals surface area contributed by atoms with Crippen molar-refractivity contribution in [1.29, 1.82) is 0 Å². The largest absolute Gasteiger partial charge is 0.465 e. The molecule has 0 aliphatic rings. The van der Waals surface area contributed by atoms with Gasteiger partial charge in [0.15, 0.2) is 5.75 Å². The number of ketones is 1. The third-order valence-electron chi connectivity index (χ3n) is 2.03. The highest BCUT2D eigenvalue weighted by atomic mass is 32.2. The molecule has 86 valence electrons. The number of Topliss-reactive ketones (excluding diaryl/α,β-unsaturated/α-hetero) is 1. The molecule has 0 atom stereocenters. The number of carbonyl (C=O) groups is 2. The second-order valence-electron chi connectivity index (χ2n) is 3.63. The molecule has 1 rings (SSSR count). The first-order chi connectivity index (χ1) is 7.54. The van der Waals surface area contributed by atoms with Gasteiger partial charge in [0.25, 0.3) is 0 Å². The summed E-state index contributed by atoms with van der Waals surface area (Å²) in [6.07, 6.45) is 4.03. The van der Waals surface area contributed by atoms with Gasteiger partial charge in [0, 0.05) is 5.56 Å². The molecular formula is C12H15O3S+. The Bertz CT molecular complexity index is 399. The number of hydrogen-bond acceptors (Lipinski definition) is 3. The van der Waals surface area contributed by atoms with Gasteiger partial charge in [0.1, 0.15) is 0 Å². The molecule has 4 heteroatoms. The van der Waals surface area contributed by atoms with Gasteiger partial charge in [-0.2, -0.15) is 0 Å². The van der Waals surface area contributed by atoms with Gasteiger partial charge in [-0.15, -0.1) is 0 Å². The minimum absolute atomic E-state index is 0.0686. The Hall–Kier alpha value is -1.29. The normalized spacial score (nSPS) is 10.2. The van der Waals surface area contributed by atoms with Crippen molar-refractivity contribution in [3.8, 4) is 0 Å². The number of ether oxygens (including phenoxy) is 1. The van der Waals surface area contributed by atoms with E-state index in [0.29, 0.717) is 16.9 Å². The van der Waals surface area contributed by atoms with E-state index in [2.05, 4.69) is 4.74 Å². The summed E-state index contributed by atoms with van der Waals surface area (Å²) < 4.78 is 4.60. The zero-order valence-corrected chi connectivity index (χ0v) is 10.5. The topological polar surface area (TPSA) is 43.4 Å². The van der Waals surface area contributed by atoms with Crippen LogP contribution in [0.2, 0.25) is 0 Å². The van der Waals surface area contributed by atoms with Gasteiger partial charge in [-0.1, -0.05) is 12.1 Å². The van der Waals surface area contributed by atoms with Crippen molar-refractivity contribution in [3.63, 3.8) is 0 Å². The van der Waals surface area contributed by atoms with E-state index in [1.165, 1.54) is 7.11 Å². The molecule has 0 aliphatic heterocycles. The smallest absolute Gasteiger partial charge is 0.337 e. The zero-order valence-electron chi connectivity index (χ0n) is 9.65. The molecule has 16 heavy (non-hydrogen) atoms. The number of carbonyl (C=O) groups excluding carboxylic acids is 2. The number of benzene rings is 1. The van der Waals surface area contributed by atoms with Crippen molar-refractivity contribution in [2.24, 2.45) is 0 Å². The summed E-state index contributed by atoms with van der Waals surface area (Å²) in [5, 5.41) is 0. The maximum Gasteiger partial charge on any atom is 0.337 e.